The van der Waals surface area contributed by atoms with Gasteiger partial charge in [-0.3, -0.25) is 4.90 Å². The molecule has 1 aliphatic heterocycles. The number of nitrogen functional groups attached to an aromatic ring is 1. The molecule has 1 aliphatic rings. The zero-order chi connectivity index (χ0) is 14.8. The number of nitrogens with zero attached hydrogens (tertiary/aromatic N) is 2. The molecule has 0 saturated carbocycles. The third-order valence-electron chi connectivity index (χ3n) is 3.49. The van der Waals surface area contributed by atoms with Crippen LogP contribution in [-0.4, -0.2) is 12.6 Å². The van der Waals surface area contributed by atoms with Crippen molar-refractivity contribution in [1.82, 2.24) is 0 Å². The predicted octanol–water partition coefficient (Wildman–Crippen LogP) is 2.74. The van der Waals surface area contributed by atoms with E-state index in [-0.39, 0.29) is 6.03 Å². The van der Waals surface area contributed by atoms with Gasteiger partial charge < -0.3 is 11.1 Å². The second kappa shape index (κ2) is 5.17. The van der Waals surface area contributed by atoms with Gasteiger partial charge in [0.2, 0.25) is 0 Å². The summed E-state index contributed by atoms with van der Waals surface area (Å²) in [5.74, 6) is 0. The number of anilines is 3. The Balaban J connectivity index is 1.82. The Morgan fingerprint density at radius 3 is 2.95 bits per heavy atom. The summed E-state index contributed by atoms with van der Waals surface area (Å²) in [7, 11) is 0. The van der Waals surface area contributed by atoms with Crippen molar-refractivity contribution < 1.29 is 4.79 Å². The van der Waals surface area contributed by atoms with E-state index in [1.165, 1.54) is 0 Å². The number of nitrogens with two attached hydrogens (primary N) is 1. The Kier molecular flexibility index (Phi) is 3.20. The number of fused-ring (bicyclic) bond motifs is 1. The molecular formula is C16H14N4O. The van der Waals surface area contributed by atoms with Crippen LogP contribution in [0.5, 0.6) is 0 Å². The maximum Gasteiger partial charge on any atom is 0.326 e. The largest absolute Gasteiger partial charge is 0.399 e. The van der Waals surface area contributed by atoms with Crippen LogP contribution in [0.2, 0.25) is 0 Å². The first-order chi connectivity index (χ1) is 10.2. The molecule has 0 spiro atoms. The van der Waals surface area contributed by atoms with Crippen LogP contribution in [0.25, 0.3) is 0 Å². The van der Waals surface area contributed by atoms with Gasteiger partial charge in [0, 0.05) is 17.9 Å². The minimum Gasteiger partial charge on any atom is -0.399 e. The fraction of sp³-hybridized carbons (Fsp3) is 0.125. The lowest BCUT2D eigenvalue weighted by molar-refractivity contribution is 0.257. The number of rotatable bonds is 1. The molecule has 0 unspecified atom stereocenters. The van der Waals surface area contributed by atoms with Crippen molar-refractivity contribution in [2.75, 3.05) is 22.5 Å². The lowest BCUT2D eigenvalue weighted by atomic mass is 10.1. The Morgan fingerprint density at radius 1 is 1.29 bits per heavy atom. The van der Waals surface area contributed by atoms with E-state index in [4.69, 9.17) is 11.0 Å². The first-order valence-electron chi connectivity index (χ1n) is 6.64. The lowest BCUT2D eigenvalue weighted by Gasteiger charge is -2.18. The zero-order valence-electron chi connectivity index (χ0n) is 11.3. The van der Waals surface area contributed by atoms with Gasteiger partial charge >= 0.3 is 6.03 Å². The average Bonchev–Trinajstić information content (AvgIpc) is 2.90. The van der Waals surface area contributed by atoms with E-state index in [1.807, 2.05) is 18.2 Å². The van der Waals surface area contributed by atoms with Crippen molar-refractivity contribution in [2.24, 2.45) is 0 Å². The molecule has 2 aromatic carbocycles. The van der Waals surface area contributed by atoms with Crippen LogP contribution in [0, 0.1) is 11.3 Å². The molecule has 3 N–H and O–H groups in total. The van der Waals surface area contributed by atoms with Gasteiger partial charge in [-0.25, -0.2) is 4.79 Å². The minimum absolute atomic E-state index is 0.213. The zero-order valence-corrected chi connectivity index (χ0v) is 11.3. The highest BCUT2D eigenvalue weighted by molar-refractivity contribution is 6.03. The number of nitrogens with one attached hydrogen (secondary N) is 1. The summed E-state index contributed by atoms with van der Waals surface area (Å²) in [6.45, 7) is 0.628. The standard InChI is InChI=1S/C16H14N4O/c17-10-11-2-1-3-14(8-11)19-16(21)20-7-6-12-4-5-13(18)9-15(12)20/h1-5,8-9H,6-7,18H2,(H,19,21). The smallest absolute Gasteiger partial charge is 0.326 e. The summed E-state index contributed by atoms with van der Waals surface area (Å²) in [6.07, 6.45) is 0.821. The van der Waals surface area contributed by atoms with Crippen molar-refractivity contribution in [3.63, 3.8) is 0 Å². The number of carbonyl (C=O) groups excluding carboxylic acids is 1. The molecule has 0 aliphatic carbocycles. The first-order valence-corrected chi connectivity index (χ1v) is 6.64. The maximum atomic E-state index is 12.4. The molecule has 5 heteroatoms. The molecule has 104 valence electrons. The fourth-order valence-electron chi connectivity index (χ4n) is 2.46. The molecule has 1 heterocycles. The van der Waals surface area contributed by atoms with E-state index in [2.05, 4.69) is 11.4 Å². The van der Waals surface area contributed by atoms with Crippen molar-refractivity contribution >= 4 is 23.1 Å². The van der Waals surface area contributed by atoms with Gasteiger partial charge in [-0.1, -0.05) is 12.1 Å². The summed E-state index contributed by atoms with van der Waals surface area (Å²) in [6, 6.07) is 14.3. The highest BCUT2D eigenvalue weighted by atomic mass is 16.2. The Bertz CT molecular complexity index is 748. The van der Waals surface area contributed by atoms with E-state index < -0.39 is 0 Å². The van der Waals surface area contributed by atoms with E-state index in [0.29, 0.717) is 23.5 Å². The molecule has 5 nitrogen and oxygen atoms in total. The maximum absolute atomic E-state index is 12.4. The molecule has 2 amide bonds. The van der Waals surface area contributed by atoms with Crippen molar-refractivity contribution in [2.45, 2.75) is 6.42 Å². The molecule has 0 fully saturated rings. The normalized spacial score (nSPS) is 12.6. The summed E-state index contributed by atoms with van der Waals surface area (Å²) >= 11 is 0. The monoisotopic (exact) mass is 278 g/mol. The molecule has 3 rings (SSSR count). The number of nitriles is 1. The number of urea groups is 1. The van der Waals surface area contributed by atoms with Crippen molar-refractivity contribution in [3.8, 4) is 6.07 Å². The Labute approximate surface area is 122 Å². The number of hydrogen-bond donors (Lipinski definition) is 2. The second-order valence-electron chi connectivity index (χ2n) is 4.91. The van der Waals surface area contributed by atoms with E-state index in [9.17, 15) is 4.79 Å². The van der Waals surface area contributed by atoms with Crippen LogP contribution in [0.1, 0.15) is 11.1 Å². The first kappa shape index (κ1) is 13.0. The molecule has 0 radical (unpaired) electrons. The fourth-order valence-corrected chi connectivity index (χ4v) is 2.46. The molecule has 0 bridgehead atoms. The van der Waals surface area contributed by atoms with Crippen LogP contribution in [0.15, 0.2) is 42.5 Å². The minimum atomic E-state index is -0.213. The van der Waals surface area contributed by atoms with Crippen LogP contribution < -0.4 is 16.0 Å². The van der Waals surface area contributed by atoms with Crippen molar-refractivity contribution in [1.29, 1.82) is 5.26 Å². The third-order valence-corrected chi connectivity index (χ3v) is 3.49. The summed E-state index contributed by atoms with van der Waals surface area (Å²) < 4.78 is 0. The van der Waals surface area contributed by atoms with E-state index in [0.717, 1.165) is 17.7 Å². The molecular weight excluding hydrogens is 264 g/mol. The quantitative estimate of drug-likeness (QED) is 0.787. The Hall–Kier alpha value is -3.00. The van der Waals surface area contributed by atoms with Crippen LogP contribution >= 0.6 is 0 Å². The van der Waals surface area contributed by atoms with Gasteiger partial charge in [0.05, 0.1) is 17.3 Å². The highest BCUT2D eigenvalue weighted by Gasteiger charge is 2.24. The number of hydrogen-bond acceptors (Lipinski definition) is 3. The summed E-state index contributed by atoms with van der Waals surface area (Å²) in [4.78, 5) is 14.1. The molecule has 2 aromatic rings. The van der Waals surface area contributed by atoms with Crippen LogP contribution in [-0.2, 0) is 6.42 Å². The van der Waals surface area contributed by atoms with Gasteiger partial charge in [0.1, 0.15) is 0 Å². The van der Waals surface area contributed by atoms with Gasteiger partial charge in [-0.05, 0) is 42.3 Å². The Morgan fingerprint density at radius 2 is 2.14 bits per heavy atom. The van der Waals surface area contributed by atoms with Gasteiger partial charge in [-0.15, -0.1) is 0 Å². The topological polar surface area (TPSA) is 82.2 Å². The SMILES string of the molecule is N#Cc1cccc(NC(=O)N2CCc3ccc(N)cc32)c1. The average molecular weight is 278 g/mol. The highest BCUT2D eigenvalue weighted by Crippen LogP contribution is 2.30. The van der Waals surface area contributed by atoms with E-state index >= 15 is 0 Å². The number of benzene rings is 2. The van der Waals surface area contributed by atoms with Crippen LogP contribution in [0.4, 0.5) is 21.9 Å². The van der Waals surface area contributed by atoms with Crippen molar-refractivity contribution in [3.05, 3.63) is 53.6 Å². The van der Waals surface area contributed by atoms with Gasteiger partial charge in [0.25, 0.3) is 0 Å². The molecule has 0 saturated heterocycles. The van der Waals surface area contributed by atoms with E-state index in [1.54, 1.807) is 29.2 Å². The molecule has 21 heavy (non-hydrogen) atoms. The summed E-state index contributed by atoms with van der Waals surface area (Å²) in [5.41, 5.74) is 9.52. The second-order valence-corrected chi connectivity index (χ2v) is 4.91. The van der Waals surface area contributed by atoms with Gasteiger partial charge in [-0.2, -0.15) is 5.26 Å². The lowest BCUT2D eigenvalue weighted by Crippen LogP contribution is -2.33. The summed E-state index contributed by atoms with van der Waals surface area (Å²) in [5, 5.41) is 11.7. The van der Waals surface area contributed by atoms with Gasteiger partial charge in [0.15, 0.2) is 0 Å². The predicted molar refractivity (Wildman–Crippen MR) is 82.1 cm³/mol. The van der Waals surface area contributed by atoms with Crippen LogP contribution in [0.3, 0.4) is 0 Å². The molecule has 0 aromatic heterocycles. The third kappa shape index (κ3) is 2.51. The number of amides is 2. The number of carbonyl (C=O) groups is 1. The molecule has 0 atom stereocenters.